The molecule has 432 valence electrons. The molecule has 24 nitrogen and oxygen atoms in total. The molecule has 0 spiro atoms. The lowest BCUT2D eigenvalue weighted by atomic mass is 9.33. The highest BCUT2D eigenvalue weighted by Crippen LogP contribution is 2.77. The normalized spacial score (nSPS) is 55.7. The summed E-state index contributed by atoms with van der Waals surface area (Å²) in [5, 5.41) is 142. The Morgan fingerprint density at radius 1 is 0.671 bits per heavy atom. The van der Waals surface area contributed by atoms with Crippen molar-refractivity contribution in [3.63, 3.8) is 0 Å². The summed E-state index contributed by atoms with van der Waals surface area (Å²) in [6, 6.07) is 0. The molecule has 5 saturated heterocycles. The van der Waals surface area contributed by atoms with E-state index in [0.717, 1.165) is 5.57 Å². The molecule has 0 aromatic rings. The first-order valence-electron chi connectivity index (χ1n) is 27.0. The monoisotopic (exact) mass is 1090 g/mol. The van der Waals surface area contributed by atoms with E-state index >= 15 is 4.79 Å². The number of ether oxygens (including phenoxy) is 9. The zero-order valence-electron chi connectivity index (χ0n) is 43.7. The minimum absolute atomic E-state index is 0.127. The third-order valence-electron chi connectivity index (χ3n) is 20.9. The van der Waals surface area contributed by atoms with Gasteiger partial charge in [0.25, 0.3) is 0 Å². The van der Waals surface area contributed by atoms with Gasteiger partial charge in [-0.2, -0.15) is 0 Å². The van der Waals surface area contributed by atoms with Gasteiger partial charge < -0.3 is 109 Å². The Kier molecular flexibility index (Phi) is 15.1. The average Bonchev–Trinajstić information content (AvgIpc) is 3.76. The Hall–Kier alpha value is -2.12. The van der Waals surface area contributed by atoms with E-state index < -0.39 is 206 Å². The van der Waals surface area contributed by atoms with Gasteiger partial charge in [0, 0.05) is 0 Å². The number of hydrogen-bond donors (Lipinski definition) is 13. The summed E-state index contributed by atoms with van der Waals surface area (Å²) in [6.07, 6.45) is -26.9. The molecule has 10 aliphatic rings. The number of carbonyl (C=O) groups is 2. The average molecular weight is 1090 g/mol. The highest BCUT2D eigenvalue weighted by Gasteiger charge is 2.77. The van der Waals surface area contributed by atoms with Gasteiger partial charge in [-0.05, 0) is 97.7 Å². The molecule has 0 amide bonds. The van der Waals surface area contributed by atoms with Crippen molar-refractivity contribution < 1.29 is 119 Å². The van der Waals surface area contributed by atoms with Crippen LogP contribution in [0.5, 0.6) is 0 Å². The van der Waals surface area contributed by atoms with Crippen molar-refractivity contribution in [2.24, 2.45) is 50.2 Å². The van der Waals surface area contributed by atoms with Gasteiger partial charge in [0.05, 0.1) is 38.6 Å². The van der Waals surface area contributed by atoms with E-state index in [0.29, 0.717) is 38.5 Å². The van der Waals surface area contributed by atoms with Crippen molar-refractivity contribution >= 4 is 11.9 Å². The van der Waals surface area contributed by atoms with E-state index in [9.17, 15) is 71.2 Å². The fourth-order valence-electron chi connectivity index (χ4n) is 16.4. The van der Waals surface area contributed by atoms with E-state index in [1.165, 1.54) is 6.92 Å². The van der Waals surface area contributed by atoms with E-state index in [2.05, 4.69) is 40.7 Å². The highest BCUT2D eigenvalue weighted by molar-refractivity contribution is 5.82. The number of allylic oxidation sites excluding steroid dienone is 2. The van der Waals surface area contributed by atoms with Gasteiger partial charge >= 0.3 is 11.9 Å². The SMILES string of the molecule is C[C@H]1O[C@H](O[C@H]2[C@H](OC(=O)[C@]34CCC(C)(C)C[C@@H]3C3=CC[C@@H]5[C@@]6(C)C[C@@H]7OC(=O)[C@@](CO)([C@H]7O[C@@H]7O[C@H](CO)[C@@H](O)[C@H](O)[C@H]7O)[C@H]6CC[C@@]5(C)[C@]3(C)C[C@H]4O)OC[C@H](O)[C@@H]2O)[C@@H](O)[C@@H](O)[C@@H]1O[C@@H]1OC[C@@H](O)[C@H](O)[C@H]1O. The van der Waals surface area contributed by atoms with Gasteiger partial charge in [-0.1, -0.05) is 46.3 Å². The van der Waals surface area contributed by atoms with Crippen molar-refractivity contribution in [2.45, 2.75) is 222 Å². The molecule has 24 heteroatoms. The van der Waals surface area contributed by atoms with E-state index in [-0.39, 0.29) is 24.2 Å². The number of aliphatic hydroxyl groups excluding tert-OH is 13. The number of rotatable bonds is 10. The van der Waals surface area contributed by atoms with E-state index in [4.69, 9.17) is 42.6 Å². The maximum atomic E-state index is 15.3. The van der Waals surface area contributed by atoms with Crippen LogP contribution in [0.4, 0.5) is 0 Å². The molecule has 0 unspecified atom stereocenters. The summed E-state index contributed by atoms with van der Waals surface area (Å²) < 4.78 is 53.2. The molecule has 29 atom stereocenters. The number of esters is 2. The first-order chi connectivity index (χ1) is 35.6. The Morgan fingerprint density at radius 3 is 1.99 bits per heavy atom. The number of fused-ring (bicyclic) bond motifs is 10. The zero-order chi connectivity index (χ0) is 55.1. The number of carbonyl (C=O) groups excluding carboxylic acids is 2. The Balaban J connectivity index is 0.904. The van der Waals surface area contributed by atoms with E-state index in [1.807, 2.05) is 0 Å². The summed E-state index contributed by atoms with van der Waals surface area (Å²) >= 11 is 0. The lowest BCUT2D eigenvalue weighted by molar-refractivity contribution is -0.369. The smallest absolute Gasteiger partial charge is 0.317 e. The first-order valence-corrected chi connectivity index (χ1v) is 27.0. The molecule has 2 bridgehead atoms. The van der Waals surface area contributed by atoms with Crippen LogP contribution in [0.1, 0.15) is 92.9 Å². The van der Waals surface area contributed by atoms with Crippen LogP contribution in [0.3, 0.4) is 0 Å². The molecule has 5 aliphatic carbocycles. The maximum absolute atomic E-state index is 15.3. The van der Waals surface area contributed by atoms with Gasteiger partial charge in [-0.15, -0.1) is 0 Å². The van der Waals surface area contributed by atoms with E-state index in [1.54, 1.807) is 0 Å². The molecule has 5 aliphatic heterocycles. The summed E-state index contributed by atoms with van der Waals surface area (Å²) in [7, 11) is 0. The van der Waals surface area contributed by atoms with Crippen LogP contribution in [-0.2, 0) is 52.2 Å². The fraction of sp³-hybridized carbons (Fsp3) is 0.923. The van der Waals surface area contributed by atoms with Crippen LogP contribution in [0, 0.1) is 50.2 Å². The second-order valence-corrected chi connectivity index (χ2v) is 25.4. The molecule has 76 heavy (non-hydrogen) atoms. The second-order valence-electron chi connectivity index (χ2n) is 25.4. The summed E-state index contributed by atoms with van der Waals surface area (Å²) in [5.74, 6) is -2.74. The molecule has 9 fully saturated rings. The molecular formula is C52H80O24. The summed E-state index contributed by atoms with van der Waals surface area (Å²) in [4.78, 5) is 29.5. The van der Waals surface area contributed by atoms with Crippen molar-refractivity contribution in [1.82, 2.24) is 0 Å². The first kappa shape index (κ1) is 57.1. The van der Waals surface area contributed by atoms with Crippen molar-refractivity contribution in [2.75, 3.05) is 26.4 Å². The quantitative estimate of drug-likeness (QED) is 0.0580. The number of aliphatic hydroxyl groups is 13. The lowest BCUT2D eigenvalue weighted by Gasteiger charge is -2.71. The van der Waals surface area contributed by atoms with Gasteiger partial charge in [-0.3, -0.25) is 9.59 Å². The van der Waals surface area contributed by atoms with Crippen molar-refractivity contribution in [3.05, 3.63) is 11.6 Å². The minimum atomic E-state index is -1.90. The van der Waals surface area contributed by atoms with Crippen LogP contribution >= 0.6 is 0 Å². The van der Waals surface area contributed by atoms with Crippen LogP contribution in [-0.4, -0.2) is 234 Å². The summed E-state index contributed by atoms with van der Waals surface area (Å²) in [6.45, 7) is 9.87. The maximum Gasteiger partial charge on any atom is 0.317 e. The Bertz CT molecular complexity index is 2200. The zero-order valence-corrected chi connectivity index (χ0v) is 43.7. The third-order valence-corrected chi connectivity index (χ3v) is 20.9. The van der Waals surface area contributed by atoms with Gasteiger partial charge in [0.1, 0.15) is 96.3 Å². The van der Waals surface area contributed by atoms with Gasteiger partial charge in [0.15, 0.2) is 25.0 Å². The van der Waals surface area contributed by atoms with Crippen LogP contribution in [0.15, 0.2) is 11.6 Å². The van der Waals surface area contributed by atoms with Crippen molar-refractivity contribution in [3.8, 4) is 0 Å². The molecule has 13 N–H and O–H groups in total. The standard InChI is InChI=1S/C52H80O24/c1-20-38(73-41-35(63)30(58)23(55)17-68-41)34(62)37(65)42(70-20)74-39-31(59)24(56)18-69-44(39)76-45(66)51-12-11-47(2,3)13-22(51)21-7-8-27-48(4)14-25-40(75-43-36(64)33(61)32(60)26(16-53)71-43)52(19-54,46(67)72-25)28(48)9-10-49(27,5)50(21,6)15-29(51)57/h7,20,22-44,53-65H,8-19H2,1-6H3/t20-,22-,23-,24+,25+,26-,27-,28+,29-,30+,31+,32-,33+,34-,35-,36-,37+,38-,39-,40+,41+,42-,43+,44+,48-,49-,50-,51-,52-/m1/s1. The molecule has 0 radical (unpaired) electrons. The van der Waals surface area contributed by atoms with Crippen LogP contribution in [0.25, 0.3) is 0 Å². The predicted molar refractivity (Wildman–Crippen MR) is 252 cm³/mol. The Morgan fingerprint density at radius 2 is 1.30 bits per heavy atom. The van der Waals surface area contributed by atoms with Gasteiger partial charge in [-0.25, -0.2) is 0 Å². The lowest BCUT2D eigenvalue weighted by Crippen LogP contribution is -2.70. The molecule has 0 aromatic heterocycles. The topological polar surface area (TPSA) is 380 Å². The molecule has 0 aromatic carbocycles. The molecule has 10 rings (SSSR count). The second kappa shape index (κ2) is 20.1. The third kappa shape index (κ3) is 8.44. The van der Waals surface area contributed by atoms with Crippen LogP contribution < -0.4 is 0 Å². The fourth-order valence-corrected chi connectivity index (χ4v) is 16.4. The minimum Gasteiger partial charge on any atom is -0.459 e. The molecular weight excluding hydrogens is 1010 g/mol. The molecule has 4 saturated carbocycles. The van der Waals surface area contributed by atoms with Crippen LogP contribution in [0.2, 0.25) is 0 Å². The van der Waals surface area contributed by atoms with Crippen molar-refractivity contribution in [1.29, 1.82) is 0 Å². The summed E-state index contributed by atoms with van der Waals surface area (Å²) in [5.41, 5.74) is -4.47. The largest absolute Gasteiger partial charge is 0.459 e. The number of hydrogen-bond acceptors (Lipinski definition) is 24. The molecule has 5 heterocycles. The predicted octanol–water partition coefficient (Wildman–Crippen LogP) is -3.27. The Labute approximate surface area is 439 Å². The van der Waals surface area contributed by atoms with Gasteiger partial charge in [0.2, 0.25) is 6.29 Å². The highest BCUT2D eigenvalue weighted by atomic mass is 16.8.